The van der Waals surface area contributed by atoms with Crippen LogP contribution in [0.4, 0.5) is 0 Å². The average Bonchev–Trinajstić information content (AvgIpc) is 2.51. The molecule has 0 saturated carbocycles. The van der Waals surface area contributed by atoms with E-state index in [-0.39, 0.29) is 18.0 Å². The minimum atomic E-state index is -0.328. The molecule has 0 aliphatic heterocycles. The van der Waals surface area contributed by atoms with E-state index in [1.54, 1.807) is 19.9 Å². The zero-order valence-corrected chi connectivity index (χ0v) is 14.6. The van der Waals surface area contributed by atoms with E-state index in [2.05, 4.69) is 15.0 Å². The van der Waals surface area contributed by atoms with Crippen LogP contribution in [0.2, 0.25) is 0 Å². The number of hydrogen-bond donors (Lipinski definition) is 2. The lowest BCUT2D eigenvalue weighted by atomic mass is 10.0. The second-order valence-corrected chi connectivity index (χ2v) is 5.44. The molecule has 0 aromatic heterocycles. The number of aliphatic imine (C=N–C) groups is 3. The van der Waals surface area contributed by atoms with Crippen molar-refractivity contribution in [2.45, 2.75) is 39.7 Å². The Morgan fingerprint density at radius 1 is 1.21 bits per heavy atom. The second-order valence-electron chi connectivity index (χ2n) is 5.44. The summed E-state index contributed by atoms with van der Waals surface area (Å²) in [5.41, 5.74) is 12.6. The number of ether oxygens (including phenoxy) is 1. The predicted molar refractivity (Wildman–Crippen MR) is 97.6 cm³/mol. The van der Waals surface area contributed by atoms with Gasteiger partial charge < -0.3 is 16.2 Å². The number of carbonyl (C=O) groups excluding carboxylic acids is 1. The number of methoxy groups -OCH3 is 1. The number of benzene rings is 1. The molecule has 1 unspecified atom stereocenters. The lowest BCUT2D eigenvalue weighted by Crippen LogP contribution is -2.17. The highest BCUT2D eigenvalue weighted by molar-refractivity contribution is 5.99. The van der Waals surface area contributed by atoms with Crippen molar-refractivity contribution in [1.82, 2.24) is 0 Å². The summed E-state index contributed by atoms with van der Waals surface area (Å²) < 4.78 is 4.80. The largest absolute Gasteiger partial charge is 0.465 e. The molecule has 0 bridgehead atoms. The molecule has 7 nitrogen and oxygen atoms in total. The first kappa shape index (κ1) is 19.3. The molecule has 0 amide bonds. The van der Waals surface area contributed by atoms with Crippen molar-refractivity contribution in [2.24, 2.45) is 26.4 Å². The maximum atomic E-state index is 11.8. The number of guanidine groups is 1. The Morgan fingerprint density at radius 3 is 2.50 bits per heavy atom. The Labute approximate surface area is 142 Å². The van der Waals surface area contributed by atoms with E-state index in [1.807, 2.05) is 25.1 Å². The van der Waals surface area contributed by atoms with Gasteiger partial charge in [0.15, 0.2) is 0 Å². The molecule has 0 radical (unpaired) electrons. The van der Waals surface area contributed by atoms with Gasteiger partial charge in [0, 0.05) is 6.04 Å². The Morgan fingerprint density at radius 2 is 1.88 bits per heavy atom. The smallest absolute Gasteiger partial charge is 0.338 e. The second kappa shape index (κ2) is 9.44. The molecule has 0 fully saturated rings. The van der Waals surface area contributed by atoms with E-state index in [9.17, 15) is 4.79 Å². The number of amidine groups is 2. The summed E-state index contributed by atoms with van der Waals surface area (Å²) in [6.07, 6.45) is 1.47. The molecule has 1 aromatic carbocycles. The summed E-state index contributed by atoms with van der Waals surface area (Å²) in [5, 5.41) is 0. The number of nitrogens with two attached hydrogens (primary N) is 2. The summed E-state index contributed by atoms with van der Waals surface area (Å²) in [6.45, 7) is 5.37. The highest BCUT2D eigenvalue weighted by atomic mass is 16.5. The fraction of sp³-hybridized carbons (Fsp3) is 0.412. The van der Waals surface area contributed by atoms with Crippen LogP contribution in [-0.2, 0) is 11.2 Å². The third kappa shape index (κ3) is 6.60. The summed E-state index contributed by atoms with van der Waals surface area (Å²) in [4.78, 5) is 24.1. The Balaban J connectivity index is 2.73. The van der Waals surface area contributed by atoms with Crippen LogP contribution in [-0.4, -0.2) is 36.8 Å². The molecular weight excluding hydrogens is 306 g/mol. The molecule has 1 aromatic rings. The first-order valence-corrected chi connectivity index (χ1v) is 7.69. The summed E-state index contributed by atoms with van der Waals surface area (Å²) >= 11 is 0. The van der Waals surface area contributed by atoms with E-state index in [1.165, 1.54) is 7.11 Å². The summed E-state index contributed by atoms with van der Waals surface area (Å²) in [7, 11) is 1.38. The van der Waals surface area contributed by atoms with Crippen molar-refractivity contribution < 1.29 is 9.53 Å². The summed E-state index contributed by atoms with van der Waals surface area (Å²) in [5.74, 6) is 0.632. The van der Waals surface area contributed by atoms with Crippen LogP contribution < -0.4 is 11.5 Å². The van der Waals surface area contributed by atoms with Crippen molar-refractivity contribution in [2.75, 3.05) is 7.11 Å². The van der Waals surface area contributed by atoms with Gasteiger partial charge in [-0.2, -0.15) is 4.99 Å². The van der Waals surface area contributed by atoms with Crippen LogP contribution in [0.5, 0.6) is 0 Å². The van der Waals surface area contributed by atoms with Crippen molar-refractivity contribution >= 4 is 23.6 Å². The molecule has 0 aliphatic carbocycles. The van der Waals surface area contributed by atoms with Crippen LogP contribution >= 0.6 is 0 Å². The topological polar surface area (TPSA) is 115 Å². The van der Waals surface area contributed by atoms with Crippen LogP contribution in [0.1, 0.15) is 43.1 Å². The predicted octanol–water partition coefficient (Wildman–Crippen LogP) is 1.90. The maximum Gasteiger partial charge on any atom is 0.338 e. The first-order chi connectivity index (χ1) is 11.3. The number of nitrogens with zero attached hydrogens (tertiary/aromatic N) is 3. The van der Waals surface area contributed by atoms with Gasteiger partial charge in [-0.25, -0.2) is 9.79 Å². The van der Waals surface area contributed by atoms with Gasteiger partial charge in [0.2, 0.25) is 5.96 Å². The highest BCUT2D eigenvalue weighted by Crippen LogP contribution is 2.14. The van der Waals surface area contributed by atoms with Crippen LogP contribution in [0.3, 0.4) is 0 Å². The molecule has 0 spiro atoms. The lowest BCUT2D eigenvalue weighted by Gasteiger charge is -2.10. The molecule has 0 aliphatic rings. The number of esters is 1. The summed E-state index contributed by atoms with van der Waals surface area (Å²) in [6, 6.07) is 7.43. The zero-order chi connectivity index (χ0) is 18.1. The van der Waals surface area contributed by atoms with E-state index in [0.29, 0.717) is 23.7 Å². The fourth-order valence-corrected chi connectivity index (χ4v) is 2.20. The molecule has 1 rings (SSSR count). The fourth-order valence-electron chi connectivity index (χ4n) is 2.20. The van der Waals surface area contributed by atoms with Crippen LogP contribution in [0.25, 0.3) is 0 Å². The van der Waals surface area contributed by atoms with Gasteiger partial charge in [0.25, 0.3) is 0 Å². The quantitative estimate of drug-likeness (QED) is 0.487. The Hall–Kier alpha value is -2.70. The Kier molecular flexibility index (Phi) is 7.61. The highest BCUT2D eigenvalue weighted by Gasteiger charge is 2.11. The van der Waals surface area contributed by atoms with Crippen molar-refractivity contribution in [3.63, 3.8) is 0 Å². The van der Waals surface area contributed by atoms with Gasteiger partial charge in [-0.05, 0) is 45.2 Å². The van der Waals surface area contributed by atoms with Gasteiger partial charge >= 0.3 is 5.97 Å². The van der Waals surface area contributed by atoms with Crippen molar-refractivity contribution in [3.8, 4) is 0 Å². The van der Waals surface area contributed by atoms with Crippen molar-refractivity contribution in [1.29, 1.82) is 0 Å². The number of rotatable bonds is 5. The van der Waals surface area contributed by atoms with E-state index < -0.39 is 0 Å². The normalized spacial score (nSPS) is 14.4. The molecule has 4 N–H and O–H groups in total. The van der Waals surface area contributed by atoms with Gasteiger partial charge in [-0.3, -0.25) is 4.99 Å². The van der Waals surface area contributed by atoms with Crippen LogP contribution in [0.15, 0.2) is 39.2 Å². The molecule has 24 heavy (non-hydrogen) atoms. The van der Waals surface area contributed by atoms with E-state index in [0.717, 1.165) is 12.0 Å². The zero-order valence-electron chi connectivity index (χ0n) is 14.6. The molecule has 7 heteroatoms. The third-order valence-electron chi connectivity index (χ3n) is 3.23. The van der Waals surface area contributed by atoms with Crippen molar-refractivity contribution in [3.05, 3.63) is 35.4 Å². The van der Waals surface area contributed by atoms with Gasteiger partial charge in [-0.15, -0.1) is 0 Å². The molecular formula is C17H25N5O2. The molecule has 0 heterocycles. The molecule has 1 atom stereocenters. The average molecular weight is 331 g/mol. The Bertz CT molecular complexity index is 661. The number of carbonyl (C=O) groups is 1. The van der Waals surface area contributed by atoms with Gasteiger partial charge in [0.1, 0.15) is 5.84 Å². The molecule has 130 valence electrons. The lowest BCUT2D eigenvalue weighted by molar-refractivity contribution is 0.0599. The van der Waals surface area contributed by atoms with Crippen LogP contribution in [0, 0.1) is 0 Å². The number of aryl methyl sites for hydroxylation is 1. The third-order valence-corrected chi connectivity index (χ3v) is 3.23. The number of hydrogen-bond acceptors (Lipinski definition) is 3. The first-order valence-electron chi connectivity index (χ1n) is 7.69. The van der Waals surface area contributed by atoms with E-state index >= 15 is 0 Å². The molecule has 0 saturated heterocycles. The monoisotopic (exact) mass is 331 g/mol. The standard InChI is InChI=1S/C17H25N5O2/c1-11(20-13(3)22-17(19)21-12(2)18)9-10-14-7-5-6-8-15(14)16(23)24-4/h5-8,11H,9-10H2,1-4H3,(H4,18,19,20,21,22). The van der Waals surface area contributed by atoms with E-state index in [4.69, 9.17) is 16.2 Å². The SMILES string of the molecule is COC(=O)c1ccccc1CCC(C)N=C(C)N=C(N)/N=C(/C)N. The maximum absolute atomic E-state index is 11.8. The minimum Gasteiger partial charge on any atom is -0.465 e. The van der Waals surface area contributed by atoms with Gasteiger partial charge in [0.05, 0.1) is 18.5 Å². The van der Waals surface area contributed by atoms with Gasteiger partial charge in [-0.1, -0.05) is 18.2 Å². The minimum absolute atomic E-state index is 0.0233.